The van der Waals surface area contributed by atoms with Crippen molar-refractivity contribution >= 4 is 44.9 Å². The summed E-state index contributed by atoms with van der Waals surface area (Å²) in [5.74, 6) is 0. The molecule has 1 spiro atoms. The van der Waals surface area contributed by atoms with Crippen LogP contribution in [-0.2, 0) is 5.41 Å². The Morgan fingerprint density at radius 3 is 1.30 bits per heavy atom. The van der Waals surface area contributed by atoms with Crippen LogP contribution in [-0.4, -0.2) is 0 Å². The predicted molar refractivity (Wildman–Crippen MR) is 265 cm³/mol. The van der Waals surface area contributed by atoms with E-state index in [4.69, 9.17) is 0 Å². The summed E-state index contributed by atoms with van der Waals surface area (Å²) in [5.41, 5.74) is 19.9. The van der Waals surface area contributed by atoms with E-state index in [9.17, 15) is 0 Å². The molecule has 12 rings (SSSR count). The third-order valence-corrected chi connectivity index (χ3v) is 13.3. The third kappa shape index (κ3) is 6.34. The number of fused-ring (bicyclic) bond motifs is 4. The molecule has 10 aromatic rings. The van der Waals surface area contributed by atoms with E-state index in [1.54, 1.807) is 0 Å². The van der Waals surface area contributed by atoms with Crippen LogP contribution >= 0.6 is 0 Å². The maximum absolute atomic E-state index is 2.50. The fraction of sp³-hybridized carbons (Fsp3) is 0.0492. The SMILES string of the molecule is c1ccc(-c2cc(N(c3ccccc3)c3ccccc3)ccc2-c2ccc3c4c(cccc24)C2(CC2)c2cc(-c4ccc(N(c5ccccc5)c5ccccc5)cc4)ccc2-3)cc1. The molecule has 0 amide bonds. The smallest absolute Gasteiger partial charge is 0.0468 e. The first kappa shape index (κ1) is 36.9. The third-order valence-electron chi connectivity index (χ3n) is 13.3. The van der Waals surface area contributed by atoms with E-state index in [2.05, 4.69) is 252 Å². The maximum atomic E-state index is 2.50. The van der Waals surface area contributed by atoms with Crippen LogP contribution in [0.4, 0.5) is 34.1 Å². The fourth-order valence-electron chi connectivity index (χ4n) is 10.2. The molecule has 0 unspecified atom stereocenters. The van der Waals surface area contributed by atoms with Gasteiger partial charge in [0, 0.05) is 39.5 Å². The second kappa shape index (κ2) is 15.2. The Bertz CT molecular complexity index is 3170. The van der Waals surface area contributed by atoms with E-state index in [-0.39, 0.29) is 5.41 Å². The first-order valence-electron chi connectivity index (χ1n) is 22.1. The summed E-state index contributed by atoms with van der Waals surface area (Å²) in [4.78, 5) is 4.68. The molecule has 1 fully saturated rings. The van der Waals surface area contributed by atoms with Crippen LogP contribution in [0.25, 0.3) is 55.3 Å². The summed E-state index contributed by atoms with van der Waals surface area (Å²) in [6.07, 6.45) is 2.32. The molecule has 0 heterocycles. The molecule has 0 N–H and O–H groups in total. The van der Waals surface area contributed by atoms with Gasteiger partial charge >= 0.3 is 0 Å². The van der Waals surface area contributed by atoms with E-state index < -0.39 is 0 Å². The minimum Gasteiger partial charge on any atom is -0.311 e. The summed E-state index contributed by atoms with van der Waals surface area (Å²) in [6.45, 7) is 0. The van der Waals surface area contributed by atoms with Gasteiger partial charge in [-0.1, -0.05) is 164 Å². The second-order valence-electron chi connectivity index (χ2n) is 16.9. The lowest BCUT2D eigenvalue weighted by Crippen LogP contribution is -2.15. The van der Waals surface area contributed by atoms with Gasteiger partial charge in [-0.15, -0.1) is 0 Å². The van der Waals surface area contributed by atoms with Gasteiger partial charge in [-0.3, -0.25) is 0 Å². The summed E-state index contributed by atoms with van der Waals surface area (Å²) in [6, 6.07) is 88.7. The van der Waals surface area contributed by atoms with Crippen LogP contribution < -0.4 is 9.80 Å². The molecule has 1 saturated carbocycles. The van der Waals surface area contributed by atoms with Gasteiger partial charge in [0.1, 0.15) is 0 Å². The van der Waals surface area contributed by atoms with Crippen LogP contribution in [0.15, 0.2) is 243 Å². The Hall–Kier alpha value is -7.94. The number of hydrogen-bond acceptors (Lipinski definition) is 2. The van der Waals surface area contributed by atoms with E-state index in [0.29, 0.717) is 0 Å². The van der Waals surface area contributed by atoms with Crippen LogP contribution in [0.5, 0.6) is 0 Å². The number of rotatable bonds is 9. The van der Waals surface area contributed by atoms with Gasteiger partial charge in [-0.2, -0.15) is 0 Å². The molecule has 0 bridgehead atoms. The number of anilines is 6. The minimum absolute atomic E-state index is 0.0197. The quantitative estimate of drug-likeness (QED) is 0.143. The average molecular weight is 805 g/mol. The van der Waals surface area contributed by atoms with Crippen molar-refractivity contribution in [3.8, 4) is 44.5 Å². The lowest BCUT2D eigenvalue weighted by Gasteiger charge is -2.31. The van der Waals surface area contributed by atoms with Crippen LogP contribution in [0.1, 0.15) is 24.0 Å². The van der Waals surface area contributed by atoms with Crippen molar-refractivity contribution in [3.05, 3.63) is 254 Å². The molecule has 63 heavy (non-hydrogen) atoms. The molecular formula is C61H44N2. The molecule has 0 radical (unpaired) electrons. The van der Waals surface area contributed by atoms with Gasteiger partial charge in [-0.25, -0.2) is 0 Å². The number of benzene rings is 10. The van der Waals surface area contributed by atoms with E-state index >= 15 is 0 Å². The standard InChI is InChI=1S/C61H44N2/c1-6-17-44(18-7-1)57-42-51(63(48-23-12-4-13-24-48)49-25-14-5-15-26-49)34-36-53(57)52-37-38-56-54-35-31-45(41-59(54)61(39-40-61)58-28-16-27-55(52)60(56)58)43-29-32-50(33-30-43)62(46-19-8-2-9-20-46)47-21-10-3-11-22-47/h1-38,41-42H,39-40H2. The first-order chi connectivity index (χ1) is 31.2. The van der Waals surface area contributed by atoms with Crippen molar-refractivity contribution in [1.29, 1.82) is 0 Å². The highest BCUT2D eigenvalue weighted by molar-refractivity contribution is 6.11. The summed E-state index contributed by atoms with van der Waals surface area (Å²) in [7, 11) is 0. The van der Waals surface area contributed by atoms with Crippen molar-refractivity contribution in [2.24, 2.45) is 0 Å². The molecule has 0 atom stereocenters. The van der Waals surface area contributed by atoms with Crippen molar-refractivity contribution < 1.29 is 0 Å². The first-order valence-corrected chi connectivity index (χ1v) is 22.1. The molecule has 0 saturated heterocycles. The Balaban J connectivity index is 0.957. The average Bonchev–Trinajstić information content (AvgIpc) is 4.17. The van der Waals surface area contributed by atoms with Gasteiger partial charge in [0.05, 0.1) is 0 Å². The van der Waals surface area contributed by atoms with Gasteiger partial charge in [0.15, 0.2) is 0 Å². The highest BCUT2D eigenvalue weighted by atomic mass is 15.1. The highest BCUT2D eigenvalue weighted by Crippen LogP contribution is 2.62. The van der Waals surface area contributed by atoms with Crippen molar-refractivity contribution in [2.75, 3.05) is 9.80 Å². The topological polar surface area (TPSA) is 6.48 Å². The van der Waals surface area contributed by atoms with Crippen LogP contribution in [0, 0.1) is 0 Å². The van der Waals surface area contributed by atoms with Crippen LogP contribution in [0.2, 0.25) is 0 Å². The van der Waals surface area contributed by atoms with Gasteiger partial charge in [-0.05, 0) is 158 Å². The molecule has 2 aliphatic carbocycles. The zero-order valence-electron chi connectivity index (χ0n) is 34.9. The zero-order chi connectivity index (χ0) is 41.7. The molecular weight excluding hydrogens is 761 g/mol. The summed E-state index contributed by atoms with van der Waals surface area (Å²) in [5, 5.41) is 2.72. The molecule has 298 valence electrons. The zero-order valence-corrected chi connectivity index (χ0v) is 34.9. The van der Waals surface area contributed by atoms with E-state index in [0.717, 1.165) is 47.0 Å². The number of hydrogen-bond donors (Lipinski definition) is 0. The monoisotopic (exact) mass is 804 g/mol. The summed E-state index contributed by atoms with van der Waals surface area (Å²) >= 11 is 0. The Labute approximate surface area is 369 Å². The highest BCUT2D eigenvalue weighted by Gasteiger charge is 2.50. The molecule has 2 nitrogen and oxygen atoms in total. The Kier molecular flexibility index (Phi) is 8.90. The molecule has 0 aliphatic heterocycles. The largest absolute Gasteiger partial charge is 0.311 e. The van der Waals surface area contributed by atoms with Gasteiger partial charge in [0.25, 0.3) is 0 Å². The van der Waals surface area contributed by atoms with Crippen LogP contribution in [0.3, 0.4) is 0 Å². The molecule has 10 aromatic carbocycles. The fourth-order valence-corrected chi connectivity index (χ4v) is 10.2. The number of nitrogens with zero attached hydrogens (tertiary/aromatic N) is 2. The Morgan fingerprint density at radius 2 is 0.730 bits per heavy atom. The predicted octanol–water partition coefficient (Wildman–Crippen LogP) is 16.8. The molecule has 2 heteroatoms. The lowest BCUT2D eigenvalue weighted by molar-refractivity contribution is 0.854. The van der Waals surface area contributed by atoms with E-state index in [1.165, 1.54) is 66.4 Å². The van der Waals surface area contributed by atoms with Crippen molar-refractivity contribution in [1.82, 2.24) is 0 Å². The maximum Gasteiger partial charge on any atom is 0.0468 e. The van der Waals surface area contributed by atoms with Crippen molar-refractivity contribution in [2.45, 2.75) is 18.3 Å². The summed E-state index contributed by atoms with van der Waals surface area (Å²) < 4.78 is 0. The van der Waals surface area contributed by atoms with Gasteiger partial charge < -0.3 is 9.80 Å². The van der Waals surface area contributed by atoms with Gasteiger partial charge in [0.2, 0.25) is 0 Å². The molecule has 0 aromatic heterocycles. The number of para-hydroxylation sites is 4. The molecule has 2 aliphatic rings. The minimum atomic E-state index is 0.0197. The normalized spacial score (nSPS) is 13.1. The van der Waals surface area contributed by atoms with Crippen molar-refractivity contribution in [3.63, 3.8) is 0 Å². The van der Waals surface area contributed by atoms with E-state index in [1.807, 2.05) is 0 Å². The second-order valence-corrected chi connectivity index (χ2v) is 16.9. The Morgan fingerprint density at radius 1 is 0.270 bits per heavy atom. The lowest BCUT2D eigenvalue weighted by atomic mass is 9.73.